The van der Waals surface area contributed by atoms with Gasteiger partial charge in [0.1, 0.15) is 6.10 Å². The van der Waals surface area contributed by atoms with Crippen molar-refractivity contribution in [3.63, 3.8) is 0 Å². The number of imidazole rings is 1. The van der Waals surface area contributed by atoms with E-state index in [2.05, 4.69) is 30.7 Å². The maximum Gasteiger partial charge on any atom is 0.319 e. The van der Waals surface area contributed by atoms with Crippen LogP contribution in [0.2, 0.25) is 0 Å². The van der Waals surface area contributed by atoms with Crippen LogP contribution in [0.3, 0.4) is 0 Å². The predicted molar refractivity (Wildman–Crippen MR) is 98.5 cm³/mol. The average Bonchev–Trinajstić information content (AvgIpc) is 3.39. The predicted octanol–water partition coefficient (Wildman–Crippen LogP) is 2.78. The van der Waals surface area contributed by atoms with Gasteiger partial charge in [-0.2, -0.15) is 4.98 Å². The molecule has 2 aromatic heterocycles. The van der Waals surface area contributed by atoms with E-state index in [0.717, 1.165) is 47.3 Å². The number of benzene rings is 1. The topological polar surface area (TPSA) is 118 Å². The molecule has 142 valence electrons. The number of aryl methyl sites for hydroxylation is 1. The molecule has 1 aliphatic heterocycles. The molecule has 0 radical (unpaired) electrons. The van der Waals surface area contributed by atoms with Crippen molar-refractivity contribution in [2.45, 2.75) is 39.2 Å². The summed E-state index contributed by atoms with van der Waals surface area (Å²) in [5.41, 5.74) is 4.59. The standard InChI is InChI=1S/C18H22N6O3/c1-10-11(2)16-13(20-9-21-16)8-12(10)22-18(25)19-6-5-15-23-17(27-24-15)14-4-3-7-26-14/h8-9,14H,3-7H2,1-2H3,(H,20,21)(H2,19,22,25)/t14-/m1/s1. The lowest BCUT2D eigenvalue weighted by Crippen LogP contribution is -2.31. The van der Waals surface area contributed by atoms with Crippen molar-refractivity contribution in [1.29, 1.82) is 0 Å². The molecule has 0 bridgehead atoms. The highest BCUT2D eigenvalue weighted by molar-refractivity contribution is 5.94. The Morgan fingerprint density at radius 3 is 3.07 bits per heavy atom. The van der Waals surface area contributed by atoms with Crippen LogP contribution in [0, 0.1) is 13.8 Å². The summed E-state index contributed by atoms with van der Waals surface area (Å²) in [6.07, 6.45) is 3.96. The van der Waals surface area contributed by atoms with E-state index >= 15 is 0 Å². The van der Waals surface area contributed by atoms with E-state index in [1.54, 1.807) is 6.33 Å². The summed E-state index contributed by atoms with van der Waals surface area (Å²) in [6, 6.07) is 1.61. The van der Waals surface area contributed by atoms with Gasteiger partial charge in [-0.15, -0.1) is 0 Å². The van der Waals surface area contributed by atoms with Gasteiger partial charge in [0.25, 0.3) is 5.89 Å². The van der Waals surface area contributed by atoms with Crippen molar-refractivity contribution in [3.8, 4) is 0 Å². The lowest BCUT2D eigenvalue weighted by molar-refractivity contribution is 0.0835. The number of carbonyl (C=O) groups excluding carboxylic acids is 1. The number of hydrogen-bond donors (Lipinski definition) is 3. The van der Waals surface area contributed by atoms with Crippen LogP contribution in [-0.2, 0) is 11.2 Å². The van der Waals surface area contributed by atoms with Crippen molar-refractivity contribution >= 4 is 22.8 Å². The molecule has 9 heteroatoms. The third-order valence-electron chi connectivity index (χ3n) is 4.85. The first-order chi connectivity index (χ1) is 13.1. The zero-order valence-corrected chi connectivity index (χ0v) is 15.3. The number of fused-ring (bicyclic) bond motifs is 1. The van der Waals surface area contributed by atoms with Crippen molar-refractivity contribution in [3.05, 3.63) is 35.2 Å². The number of hydrogen-bond acceptors (Lipinski definition) is 6. The number of H-pyrrole nitrogens is 1. The number of aromatic nitrogens is 4. The Balaban J connectivity index is 1.32. The molecule has 1 atom stereocenters. The molecule has 3 N–H and O–H groups in total. The van der Waals surface area contributed by atoms with Crippen molar-refractivity contribution in [2.75, 3.05) is 18.5 Å². The second kappa shape index (κ2) is 7.36. The monoisotopic (exact) mass is 370 g/mol. The van der Waals surface area contributed by atoms with Gasteiger partial charge in [-0.3, -0.25) is 0 Å². The van der Waals surface area contributed by atoms with Crippen LogP contribution in [0.4, 0.5) is 10.5 Å². The molecule has 1 aromatic carbocycles. The third-order valence-corrected chi connectivity index (χ3v) is 4.85. The van der Waals surface area contributed by atoms with E-state index in [4.69, 9.17) is 9.26 Å². The van der Waals surface area contributed by atoms with Gasteiger partial charge in [0.15, 0.2) is 5.82 Å². The number of aromatic amines is 1. The summed E-state index contributed by atoms with van der Waals surface area (Å²) >= 11 is 0. The molecule has 0 saturated carbocycles. The van der Waals surface area contributed by atoms with E-state index < -0.39 is 0 Å². The fourth-order valence-corrected chi connectivity index (χ4v) is 3.20. The van der Waals surface area contributed by atoms with Crippen LogP contribution in [0.5, 0.6) is 0 Å². The number of amides is 2. The zero-order valence-electron chi connectivity index (χ0n) is 15.3. The molecule has 3 heterocycles. The van der Waals surface area contributed by atoms with E-state index in [-0.39, 0.29) is 12.1 Å². The molecule has 1 aliphatic rings. The molecule has 27 heavy (non-hydrogen) atoms. The summed E-state index contributed by atoms with van der Waals surface area (Å²) < 4.78 is 10.8. The Labute approximate surface area is 155 Å². The molecule has 9 nitrogen and oxygen atoms in total. The third kappa shape index (κ3) is 3.63. The second-order valence-corrected chi connectivity index (χ2v) is 6.65. The maximum atomic E-state index is 12.2. The van der Waals surface area contributed by atoms with E-state index in [1.807, 2.05) is 19.9 Å². The summed E-state index contributed by atoms with van der Waals surface area (Å²) in [4.78, 5) is 23.9. The maximum absolute atomic E-state index is 12.2. The van der Waals surface area contributed by atoms with Crippen LogP contribution < -0.4 is 10.6 Å². The first-order valence-electron chi connectivity index (χ1n) is 9.04. The van der Waals surface area contributed by atoms with Gasteiger partial charge >= 0.3 is 6.03 Å². The Kier molecular flexibility index (Phi) is 4.76. The van der Waals surface area contributed by atoms with Crippen LogP contribution in [0.1, 0.15) is 41.8 Å². The number of carbonyl (C=O) groups is 1. The number of ether oxygens (including phenoxy) is 1. The Morgan fingerprint density at radius 1 is 1.37 bits per heavy atom. The number of rotatable bonds is 5. The van der Waals surface area contributed by atoms with Gasteiger partial charge in [0, 0.05) is 25.3 Å². The minimum Gasteiger partial charge on any atom is -0.368 e. The molecule has 3 aromatic rings. The van der Waals surface area contributed by atoms with Crippen LogP contribution >= 0.6 is 0 Å². The molecule has 4 rings (SSSR count). The molecular weight excluding hydrogens is 348 g/mol. The fourth-order valence-electron chi connectivity index (χ4n) is 3.20. The minimum absolute atomic E-state index is 0.0916. The highest BCUT2D eigenvalue weighted by atomic mass is 16.5. The number of anilines is 1. The van der Waals surface area contributed by atoms with E-state index in [9.17, 15) is 4.79 Å². The normalized spacial score (nSPS) is 16.7. The fraction of sp³-hybridized carbons (Fsp3) is 0.444. The van der Waals surface area contributed by atoms with Gasteiger partial charge in [0.2, 0.25) is 0 Å². The second-order valence-electron chi connectivity index (χ2n) is 6.65. The molecule has 1 saturated heterocycles. The quantitative estimate of drug-likeness (QED) is 0.635. The molecule has 0 aliphatic carbocycles. The summed E-state index contributed by atoms with van der Waals surface area (Å²) in [5.74, 6) is 1.08. The SMILES string of the molecule is Cc1c(NC(=O)NCCc2noc([C@H]3CCCO3)n2)cc2[nH]cnc2c1C. The molecule has 2 amide bonds. The molecule has 0 spiro atoms. The lowest BCUT2D eigenvalue weighted by atomic mass is 10.1. The molecule has 0 unspecified atom stereocenters. The van der Waals surface area contributed by atoms with Crippen molar-refractivity contribution < 1.29 is 14.1 Å². The summed E-state index contributed by atoms with van der Waals surface area (Å²) in [6.45, 7) is 5.09. The summed E-state index contributed by atoms with van der Waals surface area (Å²) in [5, 5.41) is 9.65. The number of urea groups is 1. The van der Waals surface area contributed by atoms with Crippen LogP contribution in [0.25, 0.3) is 11.0 Å². The highest BCUT2D eigenvalue weighted by Gasteiger charge is 2.23. The van der Waals surface area contributed by atoms with Crippen LogP contribution in [-0.4, -0.2) is 39.3 Å². The number of nitrogens with one attached hydrogen (secondary N) is 3. The first kappa shape index (κ1) is 17.5. The Morgan fingerprint density at radius 2 is 2.26 bits per heavy atom. The first-order valence-corrected chi connectivity index (χ1v) is 9.04. The number of nitrogens with zero attached hydrogens (tertiary/aromatic N) is 3. The van der Waals surface area contributed by atoms with Crippen molar-refractivity contribution in [1.82, 2.24) is 25.4 Å². The van der Waals surface area contributed by atoms with Gasteiger partial charge < -0.3 is 24.9 Å². The van der Waals surface area contributed by atoms with E-state index in [0.29, 0.717) is 24.7 Å². The van der Waals surface area contributed by atoms with E-state index in [1.165, 1.54) is 0 Å². The van der Waals surface area contributed by atoms with Gasteiger partial charge in [-0.1, -0.05) is 5.16 Å². The highest BCUT2D eigenvalue weighted by Crippen LogP contribution is 2.27. The molecule has 1 fully saturated rings. The van der Waals surface area contributed by atoms with Crippen LogP contribution in [0.15, 0.2) is 16.9 Å². The summed E-state index contributed by atoms with van der Waals surface area (Å²) in [7, 11) is 0. The Hall–Kier alpha value is -2.94. The van der Waals surface area contributed by atoms with Gasteiger partial charge in [0.05, 0.1) is 17.4 Å². The molecular formula is C18H22N6O3. The smallest absolute Gasteiger partial charge is 0.319 e. The lowest BCUT2D eigenvalue weighted by Gasteiger charge is -2.12. The average molecular weight is 370 g/mol. The van der Waals surface area contributed by atoms with Gasteiger partial charge in [-0.25, -0.2) is 9.78 Å². The Bertz CT molecular complexity index is 957. The van der Waals surface area contributed by atoms with Crippen molar-refractivity contribution in [2.24, 2.45) is 0 Å². The zero-order chi connectivity index (χ0) is 18.8. The minimum atomic E-state index is -0.279. The largest absolute Gasteiger partial charge is 0.368 e. The van der Waals surface area contributed by atoms with Gasteiger partial charge in [-0.05, 0) is 43.9 Å².